The van der Waals surface area contributed by atoms with Gasteiger partial charge in [-0.1, -0.05) is 27.2 Å². The highest BCUT2D eigenvalue weighted by atomic mass is 16.5. The third kappa shape index (κ3) is 5.54. The molecule has 0 bridgehead atoms. The molecule has 4 atom stereocenters. The predicted octanol–water partition coefficient (Wildman–Crippen LogP) is 1.89. The van der Waals surface area contributed by atoms with Crippen LogP contribution in [0.5, 0.6) is 0 Å². The van der Waals surface area contributed by atoms with Gasteiger partial charge in [0.1, 0.15) is 12.6 Å². The topological polar surface area (TPSA) is 33.9 Å². The molecular weight excluding hydrogens is 262 g/mol. The minimum atomic E-state index is -0.289. The van der Waals surface area contributed by atoms with Crippen LogP contribution in [0.1, 0.15) is 59.3 Å². The van der Waals surface area contributed by atoms with Crippen LogP contribution in [0.25, 0.3) is 0 Å². The minimum absolute atomic E-state index is 0.289. The molecule has 0 aromatic rings. The number of rotatable bonds is 6. The quantitative estimate of drug-likeness (QED) is 0.785. The highest BCUT2D eigenvalue weighted by molar-refractivity contribution is 4.81. The highest BCUT2D eigenvalue weighted by Gasteiger charge is 2.32. The molecule has 1 saturated carbocycles. The van der Waals surface area contributed by atoms with Gasteiger partial charge in [-0.05, 0) is 49.9 Å². The summed E-state index contributed by atoms with van der Waals surface area (Å²) in [5, 5.41) is 10.3. The van der Waals surface area contributed by atoms with Crippen LogP contribution in [0.4, 0.5) is 0 Å². The molecule has 0 spiro atoms. The normalized spacial score (nSPS) is 33.3. The van der Waals surface area contributed by atoms with Gasteiger partial charge in [0.25, 0.3) is 0 Å². The molecule has 1 aliphatic carbocycles. The number of hydrogen-bond donors (Lipinski definition) is 2. The smallest absolute Gasteiger partial charge is 0.126 e. The number of piperidine rings is 1. The summed E-state index contributed by atoms with van der Waals surface area (Å²) >= 11 is 0. The Bertz CT molecular complexity index is 289. The maximum Gasteiger partial charge on any atom is 0.126 e. The summed E-state index contributed by atoms with van der Waals surface area (Å²) in [7, 11) is 0. The van der Waals surface area contributed by atoms with E-state index < -0.39 is 0 Å². The van der Waals surface area contributed by atoms with Gasteiger partial charge in [-0.3, -0.25) is 0 Å². The lowest BCUT2D eigenvalue weighted by molar-refractivity contribution is -0.908. The molecule has 0 aromatic carbocycles. The first-order chi connectivity index (χ1) is 10.1. The average molecular weight is 298 g/mol. The maximum atomic E-state index is 10.3. The molecule has 21 heavy (non-hydrogen) atoms. The Kier molecular flexibility index (Phi) is 6.97. The van der Waals surface area contributed by atoms with Gasteiger partial charge in [0.2, 0.25) is 0 Å². The monoisotopic (exact) mass is 298 g/mol. The van der Waals surface area contributed by atoms with Crippen LogP contribution in [0.3, 0.4) is 0 Å². The lowest BCUT2D eigenvalue weighted by Crippen LogP contribution is -3.14. The molecule has 2 fully saturated rings. The molecule has 1 heterocycles. The van der Waals surface area contributed by atoms with E-state index in [1.54, 1.807) is 4.90 Å². The Morgan fingerprint density at radius 3 is 2.52 bits per heavy atom. The van der Waals surface area contributed by atoms with Crippen LogP contribution in [0.2, 0.25) is 0 Å². The van der Waals surface area contributed by atoms with Crippen molar-refractivity contribution in [1.82, 2.24) is 0 Å². The molecule has 2 rings (SSSR count). The third-order valence-electron chi connectivity index (χ3n) is 5.55. The van der Waals surface area contributed by atoms with Crippen molar-refractivity contribution in [3.05, 3.63) is 0 Å². The summed E-state index contributed by atoms with van der Waals surface area (Å²) in [4.78, 5) is 1.56. The van der Waals surface area contributed by atoms with Crippen molar-refractivity contribution in [2.75, 3.05) is 26.2 Å². The molecular formula is C18H36NO2+. The zero-order valence-corrected chi connectivity index (χ0v) is 14.3. The van der Waals surface area contributed by atoms with Crippen molar-refractivity contribution in [2.24, 2.45) is 17.8 Å². The SMILES string of the molecule is CC(C)[C@H]1CC[C@@H](C)C[C@H]1OC[C@H](O)C[NH+]1CCCCC1. The van der Waals surface area contributed by atoms with Gasteiger partial charge in [-0.15, -0.1) is 0 Å². The number of aliphatic hydroxyl groups excluding tert-OH is 1. The Hall–Kier alpha value is -0.120. The molecule has 2 N–H and O–H groups in total. The third-order valence-corrected chi connectivity index (χ3v) is 5.55. The van der Waals surface area contributed by atoms with E-state index in [0.29, 0.717) is 24.5 Å². The summed E-state index contributed by atoms with van der Waals surface area (Å²) < 4.78 is 6.17. The highest BCUT2D eigenvalue weighted by Crippen LogP contribution is 2.35. The van der Waals surface area contributed by atoms with Crippen LogP contribution in [-0.4, -0.2) is 43.6 Å². The number of quaternary nitrogens is 1. The van der Waals surface area contributed by atoms with Gasteiger partial charge in [-0.25, -0.2) is 0 Å². The van der Waals surface area contributed by atoms with Crippen molar-refractivity contribution in [3.8, 4) is 0 Å². The second-order valence-corrected chi connectivity index (χ2v) is 7.87. The lowest BCUT2D eigenvalue weighted by Gasteiger charge is -2.37. The van der Waals surface area contributed by atoms with Crippen LogP contribution in [0, 0.1) is 17.8 Å². The zero-order chi connectivity index (χ0) is 15.2. The number of likely N-dealkylation sites (tertiary alicyclic amines) is 1. The molecule has 1 aliphatic heterocycles. The largest absolute Gasteiger partial charge is 0.385 e. The summed E-state index contributed by atoms with van der Waals surface area (Å²) in [6.45, 7) is 10.8. The Morgan fingerprint density at radius 2 is 1.86 bits per heavy atom. The van der Waals surface area contributed by atoms with Crippen LogP contribution < -0.4 is 4.90 Å². The van der Waals surface area contributed by atoms with Crippen LogP contribution in [0.15, 0.2) is 0 Å². The summed E-state index contributed by atoms with van der Waals surface area (Å²) in [5.74, 6) is 2.14. The summed E-state index contributed by atoms with van der Waals surface area (Å²) in [6, 6.07) is 0. The van der Waals surface area contributed by atoms with E-state index in [1.165, 1.54) is 51.6 Å². The van der Waals surface area contributed by atoms with E-state index in [4.69, 9.17) is 4.74 Å². The van der Waals surface area contributed by atoms with Crippen molar-refractivity contribution >= 4 is 0 Å². The minimum Gasteiger partial charge on any atom is -0.385 e. The van der Waals surface area contributed by atoms with Gasteiger partial charge in [-0.2, -0.15) is 0 Å². The van der Waals surface area contributed by atoms with E-state index in [-0.39, 0.29) is 6.10 Å². The molecule has 124 valence electrons. The molecule has 0 radical (unpaired) electrons. The molecule has 3 heteroatoms. The van der Waals surface area contributed by atoms with Crippen LogP contribution in [-0.2, 0) is 4.74 Å². The Balaban J connectivity index is 1.73. The van der Waals surface area contributed by atoms with E-state index in [1.807, 2.05) is 0 Å². The average Bonchev–Trinajstić information content (AvgIpc) is 2.46. The maximum absolute atomic E-state index is 10.3. The van der Waals surface area contributed by atoms with E-state index in [2.05, 4.69) is 20.8 Å². The Labute approximate surface area is 131 Å². The van der Waals surface area contributed by atoms with E-state index in [0.717, 1.165) is 12.5 Å². The van der Waals surface area contributed by atoms with E-state index >= 15 is 0 Å². The fourth-order valence-corrected chi connectivity index (χ4v) is 4.19. The zero-order valence-electron chi connectivity index (χ0n) is 14.3. The van der Waals surface area contributed by atoms with Gasteiger partial charge in [0.05, 0.1) is 25.8 Å². The van der Waals surface area contributed by atoms with Gasteiger partial charge < -0.3 is 14.7 Å². The van der Waals surface area contributed by atoms with Crippen molar-refractivity contribution in [3.63, 3.8) is 0 Å². The van der Waals surface area contributed by atoms with Gasteiger partial charge >= 0.3 is 0 Å². The van der Waals surface area contributed by atoms with Crippen molar-refractivity contribution in [1.29, 1.82) is 0 Å². The fourth-order valence-electron chi connectivity index (χ4n) is 4.19. The van der Waals surface area contributed by atoms with Crippen molar-refractivity contribution < 1.29 is 14.7 Å². The molecule has 3 nitrogen and oxygen atoms in total. The number of ether oxygens (including phenoxy) is 1. The second-order valence-electron chi connectivity index (χ2n) is 7.87. The molecule has 0 unspecified atom stereocenters. The van der Waals surface area contributed by atoms with Gasteiger partial charge in [0.15, 0.2) is 0 Å². The molecule has 0 aromatic heterocycles. The first kappa shape index (κ1) is 17.2. The standard InChI is InChI=1S/C18H35NO2/c1-14(2)17-8-7-15(3)11-18(17)21-13-16(20)12-19-9-5-4-6-10-19/h14-18,20H,4-13H2,1-3H3/p+1/t15-,16-,17-,18-/m1/s1. The Morgan fingerprint density at radius 1 is 1.14 bits per heavy atom. The predicted molar refractivity (Wildman–Crippen MR) is 86.5 cm³/mol. The number of hydrogen-bond acceptors (Lipinski definition) is 2. The van der Waals surface area contributed by atoms with Crippen molar-refractivity contribution in [2.45, 2.75) is 71.5 Å². The van der Waals surface area contributed by atoms with E-state index in [9.17, 15) is 5.11 Å². The summed E-state index contributed by atoms with van der Waals surface area (Å²) in [6.07, 6.45) is 7.87. The molecule has 2 aliphatic rings. The number of aliphatic hydroxyl groups is 1. The lowest BCUT2D eigenvalue weighted by atomic mass is 9.75. The summed E-state index contributed by atoms with van der Waals surface area (Å²) in [5.41, 5.74) is 0. The van der Waals surface area contributed by atoms with Crippen LogP contribution >= 0.6 is 0 Å². The first-order valence-corrected chi connectivity index (χ1v) is 9.19. The number of nitrogens with one attached hydrogen (secondary N) is 1. The van der Waals surface area contributed by atoms with Gasteiger partial charge in [0, 0.05) is 0 Å². The molecule has 1 saturated heterocycles. The second kappa shape index (κ2) is 8.50. The fraction of sp³-hybridized carbons (Fsp3) is 1.00. The molecule has 0 amide bonds. The first-order valence-electron chi connectivity index (χ1n) is 9.19.